The van der Waals surface area contributed by atoms with Crippen LogP contribution in [0.25, 0.3) is 0 Å². The lowest BCUT2D eigenvalue weighted by molar-refractivity contribution is 0.577. The summed E-state index contributed by atoms with van der Waals surface area (Å²) in [5.74, 6) is -0.108. The van der Waals surface area contributed by atoms with Crippen molar-refractivity contribution in [1.82, 2.24) is 9.71 Å². The Hall–Kier alpha value is -2.08. The molecule has 1 atom stereocenters. The summed E-state index contributed by atoms with van der Waals surface area (Å²) in [7, 11) is -3.57. The summed E-state index contributed by atoms with van der Waals surface area (Å²) in [6.45, 7) is 2.18. The number of nitrogens with one attached hydrogen (secondary N) is 2. The van der Waals surface area contributed by atoms with E-state index in [4.69, 9.17) is 11.6 Å². The van der Waals surface area contributed by atoms with Gasteiger partial charge in [0.25, 0.3) is 0 Å². The summed E-state index contributed by atoms with van der Waals surface area (Å²) in [6.07, 6.45) is 3.70. The molecular weight excluding hydrogens is 356 g/mol. The second-order valence-corrected chi connectivity index (χ2v) is 8.12. The molecule has 1 heterocycles. The number of benzene rings is 2. The molecule has 0 saturated heterocycles. The summed E-state index contributed by atoms with van der Waals surface area (Å²) in [5, 5.41) is 0.650. The number of rotatable bonds is 6. The molecule has 0 aliphatic rings. The molecule has 0 spiro atoms. The van der Waals surface area contributed by atoms with E-state index in [1.807, 2.05) is 49.6 Å². The third kappa shape index (κ3) is 4.31. The second kappa shape index (κ2) is 7.44. The quantitative estimate of drug-likeness (QED) is 0.682. The lowest BCUT2D eigenvalue weighted by Crippen LogP contribution is -2.29. The first-order valence-corrected chi connectivity index (χ1v) is 9.76. The number of aryl methyl sites for hydroxylation is 1. The zero-order valence-corrected chi connectivity index (χ0v) is 15.3. The van der Waals surface area contributed by atoms with Crippen LogP contribution in [0.15, 0.2) is 71.9 Å². The first-order chi connectivity index (χ1) is 12.0. The van der Waals surface area contributed by atoms with E-state index in [2.05, 4.69) is 9.71 Å². The Balaban J connectivity index is 1.83. The molecule has 1 unspecified atom stereocenters. The fraction of sp³-hybridized carbons (Fsp3) is 0.158. The number of aromatic amines is 1. The van der Waals surface area contributed by atoms with Gasteiger partial charge in [0, 0.05) is 29.9 Å². The van der Waals surface area contributed by atoms with Crippen LogP contribution in [0.3, 0.4) is 0 Å². The molecule has 2 N–H and O–H groups in total. The van der Waals surface area contributed by atoms with Gasteiger partial charge in [0.1, 0.15) is 0 Å². The zero-order chi connectivity index (χ0) is 17.9. The molecule has 0 amide bonds. The molecule has 0 aliphatic carbocycles. The highest BCUT2D eigenvalue weighted by Gasteiger charge is 2.20. The summed E-state index contributed by atoms with van der Waals surface area (Å²) in [4.78, 5) is 3.29. The Morgan fingerprint density at radius 1 is 1.00 bits per heavy atom. The summed E-state index contributed by atoms with van der Waals surface area (Å²) in [5.41, 5.74) is 3.02. The van der Waals surface area contributed by atoms with Gasteiger partial charge in [-0.3, -0.25) is 0 Å². The van der Waals surface area contributed by atoms with Gasteiger partial charge in [-0.25, -0.2) is 13.1 Å². The van der Waals surface area contributed by atoms with E-state index in [0.29, 0.717) is 5.02 Å². The third-order valence-corrected chi connectivity index (χ3v) is 5.80. The van der Waals surface area contributed by atoms with Gasteiger partial charge < -0.3 is 4.98 Å². The predicted octanol–water partition coefficient (Wildman–Crippen LogP) is 4.09. The molecular formula is C19H19ClN2O2S. The van der Waals surface area contributed by atoms with E-state index in [1.165, 1.54) is 0 Å². The van der Waals surface area contributed by atoms with Crippen molar-refractivity contribution in [2.45, 2.75) is 17.7 Å². The molecule has 3 rings (SSSR count). The normalized spacial score (nSPS) is 12.9. The summed E-state index contributed by atoms with van der Waals surface area (Å²) < 4.78 is 27.8. The molecule has 0 saturated carbocycles. The molecule has 2 aromatic carbocycles. The van der Waals surface area contributed by atoms with Crippen LogP contribution in [0.1, 0.15) is 22.6 Å². The largest absolute Gasteiger partial charge is 0.367 e. The molecule has 6 heteroatoms. The molecule has 0 fully saturated rings. The second-order valence-electron chi connectivity index (χ2n) is 5.91. The molecule has 0 radical (unpaired) electrons. The first kappa shape index (κ1) is 17.7. The van der Waals surface area contributed by atoms with Crippen LogP contribution < -0.4 is 4.72 Å². The van der Waals surface area contributed by atoms with Crippen LogP contribution in [0, 0.1) is 6.92 Å². The van der Waals surface area contributed by atoms with Crippen molar-refractivity contribution < 1.29 is 8.42 Å². The van der Waals surface area contributed by atoms with E-state index >= 15 is 0 Å². The Morgan fingerprint density at radius 2 is 1.68 bits per heavy atom. The minimum Gasteiger partial charge on any atom is -0.367 e. The lowest BCUT2D eigenvalue weighted by Gasteiger charge is -2.17. The number of hydrogen-bond acceptors (Lipinski definition) is 2. The van der Waals surface area contributed by atoms with Crippen molar-refractivity contribution in [3.63, 3.8) is 0 Å². The van der Waals surface area contributed by atoms with E-state index in [0.717, 1.165) is 16.7 Å². The van der Waals surface area contributed by atoms with E-state index in [9.17, 15) is 8.42 Å². The number of H-pyrrole nitrogens is 1. The Morgan fingerprint density at radius 3 is 2.28 bits per heavy atom. The van der Waals surface area contributed by atoms with Crippen LogP contribution in [0.5, 0.6) is 0 Å². The number of aromatic nitrogens is 1. The van der Waals surface area contributed by atoms with Gasteiger partial charge in [-0.05, 0) is 48.4 Å². The number of halogens is 1. The standard InChI is InChI=1S/C19H19ClN2O2S/c1-14-2-8-18(9-3-14)25(23,24)22-13-19(16-10-11-21-12-16)15-4-6-17(20)7-5-15/h2-12,19,21-22H,13H2,1H3. The van der Waals surface area contributed by atoms with Gasteiger partial charge in [-0.15, -0.1) is 0 Å². The highest BCUT2D eigenvalue weighted by atomic mass is 35.5. The van der Waals surface area contributed by atoms with Crippen molar-refractivity contribution in [1.29, 1.82) is 0 Å². The van der Waals surface area contributed by atoms with Crippen molar-refractivity contribution in [2.24, 2.45) is 0 Å². The molecule has 1 aromatic heterocycles. The van der Waals surface area contributed by atoms with Crippen LogP contribution in [-0.2, 0) is 10.0 Å². The Kier molecular flexibility index (Phi) is 5.27. The summed E-state index contributed by atoms with van der Waals surface area (Å²) in [6, 6.07) is 16.2. The van der Waals surface area contributed by atoms with Crippen molar-refractivity contribution in [3.8, 4) is 0 Å². The van der Waals surface area contributed by atoms with Gasteiger partial charge in [-0.1, -0.05) is 41.4 Å². The Bertz CT molecular complexity index is 919. The van der Waals surface area contributed by atoms with E-state index in [-0.39, 0.29) is 17.4 Å². The maximum absolute atomic E-state index is 12.6. The van der Waals surface area contributed by atoms with Gasteiger partial charge in [-0.2, -0.15) is 0 Å². The third-order valence-electron chi connectivity index (χ3n) is 4.11. The van der Waals surface area contributed by atoms with Crippen molar-refractivity contribution >= 4 is 21.6 Å². The molecule has 0 aliphatic heterocycles. The molecule has 130 valence electrons. The minimum atomic E-state index is -3.57. The Labute approximate surface area is 152 Å². The summed E-state index contributed by atoms with van der Waals surface area (Å²) >= 11 is 5.97. The zero-order valence-electron chi connectivity index (χ0n) is 13.7. The maximum Gasteiger partial charge on any atom is 0.240 e. The topological polar surface area (TPSA) is 62.0 Å². The van der Waals surface area contributed by atoms with Gasteiger partial charge in [0.15, 0.2) is 0 Å². The monoisotopic (exact) mass is 374 g/mol. The van der Waals surface area contributed by atoms with Crippen LogP contribution in [-0.4, -0.2) is 19.9 Å². The maximum atomic E-state index is 12.6. The highest BCUT2D eigenvalue weighted by Crippen LogP contribution is 2.25. The fourth-order valence-corrected chi connectivity index (χ4v) is 3.84. The van der Waals surface area contributed by atoms with Crippen molar-refractivity contribution in [3.05, 3.63) is 88.7 Å². The van der Waals surface area contributed by atoms with Crippen molar-refractivity contribution in [2.75, 3.05) is 6.54 Å². The highest BCUT2D eigenvalue weighted by molar-refractivity contribution is 7.89. The average Bonchev–Trinajstić information content (AvgIpc) is 3.11. The van der Waals surface area contributed by atoms with Crippen LogP contribution in [0.4, 0.5) is 0 Å². The predicted molar refractivity (Wildman–Crippen MR) is 100 cm³/mol. The lowest BCUT2D eigenvalue weighted by atomic mass is 9.93. The van der Waals surface area contributed by atoms with Crippen LogP contribution in [0.2, 0.25) is 5.02 Å². The minimum absolute atomic E-state index is 0.108. The smallest absolute Gasteiger partial charge is 0.240 e. The number of hydrogen-bond donors (Lipinski definition) is 2. The van der Waals surface area contributed by atoms with Gasteiger partial charge in [0.2, 0.25) is 10.0 Å². The molecule has 4 nitrogen and oxygen atoms in total. The van der Waals surface area contributed by atoms with Gasteiger partial charge in [0.05, 0.1) is 4.90 Å². The SMILES string of the molecule is Cc1ccc(S(=O)(=O)NCC(c2ccc(Cl)cc2)c2cc[nH]c2)cc1. The van der Waals surface area contributed by atoms with Gasteiger partial charge >= 0.3 is 0 Å². The van der Waals surface area contributed by atoms with E-state index in [1.54, 1.807) is 24.3 Å². The number of sulfonamides is 1. The first-order valence-electron chi connectivity index (χ1n) is 7.90. The molecule has 0 bridgehead atoms. The molecule has 3 aromatic rings. The van der Waals surface area contributed by atoms with E-state index < -0.39 is 10.0 Å². The average molecular weight is 375 g/mol. The fourth-order valence-electron chi connectivity index (χ4n) is 2.67. The molecule has 25 heavy (non-hydrogen) atoms. The van der Waals surface area contributed by atoms with Crippen LogP contribution >= 0.6 is 11.6 Å².